The fraction of sp³-hybridized carbons (Fsp3) is 0.214. The SMILES string of the molecule is CCCc1ccc2c(ccc3c2sc2c4ccc5cc(CCC(F)(F)F)ccc5c4sc32)c1. The van der Waals surface area contributed by atoms with Crippen LogP contribution in [0.15, 0.2) is 60.7 Å². The van der Waals surface area contributed by atoms with Crippen molar-refractivity contribution in [1.82, 2.24) is 0 Å². The Morgan fingerprint density at radius 1 is 0.606 bits per heavy atom. The van der Waals surface area contributed by atoms with Crippen LogP contribution in [0.3, 0.4) is 0 Å². The molecule has 0 spiro atoms. The number of thiophene rings is 2. The van der Waals surface area contributed by atoms with Crippen LogP contribution in [0, 0.1) is 0 Å². The Morgan fingerprint density at radius 3 is 1.58 bits per heavy atom. The molecule has 0 aliphatic carbocycles. The second-order valence-electron chi connectivity index (χ2n) is 8.72. The monoisotopic (exact) mass is 478 g/mol. The summed E-state index contributed by atoms with van der Waals surface area (Å²) in [4.78, 5) is 0. The van der Waals surface area contributed by atoms with Gasteiger partial charge in [-0.1, -0.05) is 74.0 Å². The smallest absolute Gasteiger partial charge is 0.171 e. The van der Waals surface area contributed by atoms with Gasteiger partial charge in [-0.3, -0.25) is 0 Å². The maximum absolute atomic E-state index is 12.6. The van der Waals surface area contributed by atoms with Gasteiger partial charge in [0.15, 0.2) is 0 Å². The predicted octanol–water partition coefficient (Wildman–Crippen LogP) is 10.0. The van der Waals surface area contributed by atoms with Gasteiger partial charge in [0, 0.05) is 26.6 Å². The molecule has 0 nitrogen and oxygen atoms in total. The lowest BCUT2D eigenvalue weighted by Gasteiger charge is -2.07. The van der Waals surface area contributed by atoms with Crippen molar-refractivity contribution in [2.45, 2.75) is 38.8 Å². The minimum atomic E-state index is -4.13. The number of halogens is 3. The van der Waals surface area contributed by atoms with Crippen molar-refractivity contribution in [2.24, 2.45) is 0 Å². The highest BCUT2D eigenvalue weighted by molar-refractivity contribution is 7.37. The number of aryl methyl sites for hydroxylation is 2. The number of hydrogen-bond acceptors (Lipinski definition) is 2. The highest BCUT2D eigenvalue weighted by Crippen LogP contribution is 2.48. The quantitative estimate of drug-likeness (QED) is 0.236. The maximum Gasteiger partial charge on any atom is 0.389 e. The minimum Gasteiger partial charge on any atom is -0.171 e. The lowest BCUT2D eigenvalue weighted by Crippen LogP contribution is -2.08. The first kappa shape index (κ1) is 20.9. The van der Waals surface area contributed by atoms with Gasteiger partial charge in [-0.05, 0) is 45.5 Å². The highest BCUT2D eigenvalue weighted by Gasteiger charge is 2.26. The Morgan fingerprint density at radius 2 is 1.09 bits per heavy atom. The number of alkyl halides is 3. The van der Waals surface area contributed by atoms with Crippen LogP contribution in [0.25, 0.3) is 51.1 Å². The average Bonchev–Trinajstić information content (AvgIpc) is 3.33. The summed E-state index contributed by atoms with van der Waals surface area (Å²) in [6.45, 7) is 2.21. The number of rotatable bonds is 4. The molecule has 0 bridgehead atoms. The normalized spacial score (nSPS) is 12.7. The van der Waals surface area contributed by atoms with Crippen LogP contribution in [-0.2, 0) is 12.8 Å². The lowest BCUT2D eigenvalue weighted by molar-refractivity contribution is -0.133. The van der Waals surface area contributed by atoms with Crippen molar-refractivity contribution in [2.75, 3.05) is 0 Å². The summed E-state index contributed by atoms with van der Waals surface area (Å²) in [5.74, 6) is 0. The van der Waals surface area contributed by atoms with E-state index in [4.69, 9.17) is 0 Å². The van der Waals surface area contributed by atoms with E-state index in [0.29, 0.717) is 0 Å². The van der Waals surface area contributed by atoms with Gasteiger partial charge in [-0.25, -0.2) is 0 Å². The van der Waals surface area contributed by atoms with Crippen LogP contribution in [0.5, 0.6) is 0 Å². The highest BCUT2D eigenvalue weighted by atomic mass is 32.1. The molecule has 4 aromatic carbocycles. The Kier molecular flexibility index (Phi) is 4.89. The second kappa shape index (κ2) is 7.71. The van der Waals surface area contributed by atoms with Crippen molar-refractivity contribution >= 4 is 73.8 Å². The van der Waals surface area contributed by atoms with Gasteiger partial charge >= 0.3 is 6.18 Å². The molecule has 0 fully saturated rings. The number of fused-ring (bicyclic) bond motifs is 9. The zero-order chi connectivity index (χ0) is 22.7. The van der Waals surface area contributed by atoms with Crippen molar-refractivity contribution in [1.29, 1.82) is 0 Å². The summed E-state index contributed by atoms with van der Waals surface area (Å²) >= 11 is 3.66. The van der Waals surface area contributed by atoms with Crippen molar-refractivity contribution in [3.63, 3.8) is 0 Å². The molecule has 33 heavy (non-hydrogen) atoms. The van der Waals surface area contributed by atoms with E-state index in [-0.39, 0.29) is 6.42 Å². The van der Waals surface area contributed by atoms with Gasteiger partial charge in [0.2, 0.25) is 0 Å². The number of benzene rings is 4. The van der Waals surface area contributed by atoms with Gasteiger partial charge < -0.3 is 0 Å². The van der Waals surface area contributed by atoms with E-state index in [1.165, 1.54) is 45.9 Å². The third-order valence-corrected chi connectivity index (χ3v) is 9.08. The van der Waals surface area contributed by atoms with Crippen LogP contribution in [-0.4, -0.2) is 6.18 Å². The van der Waals surface area contributed by atoms with Crippen LogP contribution >= 0.6 is 22.7 Å². The van der Waals surface area contributed by atoms with Crippen LogP contribution in [0.1, 0.15) is 30.9 Å². The summed E-state index contributed by atoms with van der Waals surface area (Å²) in [6.07, 6.45) is -2.64. The molecule has 0 radical (unpaired) electrons. The molecule has 0 aliphatic rings. The standard InChI is InChI=1S/C28H21F3S2/c1-2-3-16-4-8-20-18(14-16)6-10-22-24(20)32-27-23-11-7-19-15-17(12-13-28(29,30)31)5-9-21(19)25(23)33-26(22)27/h4-11,14-15H,2-3,12-13H2,1H3. The molecular weight excluding hydrogens is 457 g/mol. The van der Waals surface area contributed by atoms with Crippen molar-refractivity contribution < 1.29 is 13.2 Å². The van der Waals surface area contributed by atoms with E-state index in [1.807, 2.05) is 29.5 Å². The molecular formula is C28H21F3S2. The Hall–Kier alpha value is -2.63. The number of hydrogen-bond donors (Lipinski definition) is 0. The van der Waals surface area contributed by atoms with Gasteiger partial charge in [-0.15, -0.1) is 22.7 Å². The molecule has 6 rings (SSSR count). The van der Waals surface area contributed by atoms with E-state index in [0.717, 1.165) is 29.2 Å². The molecule has 5 heteroatoms. The molecule has 0 saturated heterocycles. The molecule has 6 aromatic rings. The molecule has 2 heterocycles. The largest absolute Gasteiger partial charge is 0.389 e. The predicted molar refractivity (Wildman–Crippen MR) is 138 cm³/mol. The van der Waals surface area contributed by atoms with E-state index in [1.54, 1.807) is 11.3 Å². The molecule has 166 valence electrons. The van der Waals surface area contributed by atoms with Crippen molar-refractivity contribution in [3.05, 3.63) is 71.8 Å². The Labute approximate surface area is 197 Å². The first-order chi connectivity index (χ1) is 15.9. The summed E-state index contributed by atoms with van der Waals surface area (Å²) < 4.78 is 43.0. The fourth-order valence-electron chi connectivity index (χ4n) is 4.82. The molecule has 0 saturated carbocycles. The third-order valence-electron chi connectivity index (χ3n) is 6.41. The summed E-state index contributed by atoms with van der Waals surface area (Å²) in [5.41, 5.74) is 2.12. The zero-order valence-corrected chi connectivity index (χ0v) is 19.7. The maximum atomic E-state index is 12.6. The van der Waals surface area contributed by atoms with Gasteiger partial charge in [0.05, 0.1) is 9.40 Å². The zero-order valence-electron chi connectivity index (χ0n) is 18.1. The summed E-state index contributed by atoms with van der Waals surface area (Å²) in [7, 11) is 0. The van der Waals surface area contributed by atoms with Gasteiger partial charge in [0.1, 0.15) is 0 Å². The van der Waals surface area contributed by atoms with Crippen LogP contribution in [0.2, 0.25) is 0 Å². The van der Waals surface area contributed by atoms with Crippen LogP contribution < -0.4 is 0 Å². The third kappa shape index (κ3) is 3.58. The summed E-state index contributed by atoms with van der Waals surface area (Å²) in [6, 6.07) is 21.3. The Balaban J connectivity index is 1.50. The molecule has 0 aliphatic heterocycles. The lowest BCUT2D eigenvalue weighted by atomic mass is 10.0. The average molecular weight is 479 g/mol. The first-order valence-corrected chi connectivity index (χ1v) is 12.8. The fourth-order valence-corrected chi connectivity index (χ4v) is 7.72. The first-order valence-electron chi connectivity index (χ1n) is 11.2. The second-order valence-corrected chi connectivity index (χ2v) is 10.8. The Bertz CT molecular complexity index is 1670. The van der Waals surface area contributed by atoms with Crippen LogP contribution in [0.4, 0.5) is 13.2 Å². The molecule has 0 atom stereocenters. The van der Waals surface area contributed by atoms with Crippen molar-refractivity contribution in [3.8, 4) is 0 Å². The van der Waals surface area contributed by atoms with E-state index in [2.05, 4.69) is 49.4 Å². The van der Waals surface area contributed by atoms with E-state index in [9.17, 15) is 13.2 Å². The van der Waals surface area contributed by atoms with Gasteiger partial charge in [0.25, 0.3) is 0 Å². The van der Waals surface area contributed by atoms with E-state index < -0.39 is 12.6 Å². The topological polar surface area (TPSA) is 0 Å². The van der Waals surface area contributed by atoms with E-state index >= 15 is 0 Å². The van der Waals surface area contributed by atoms with Gasteiger partial charge in [-0.2, -0.15) is 13.2 Å². The minimum absolute atomic E-state index is 0.0225. The molecule has 0 amide bonds. The molecule has 2 aromatic heterocycles. The molecule has 0 unspecified atom stereocenters. The summed E-state index contributed by atoms with van der Waals surface area (Å²) in [5, 5.41) is 7.26. The molecule has 0 N–H and O–H groups in total.